The third kappa shape index (κ3) is 4.10. The number of ether oxygens (including phenoxy) is 1. The number of nitrogens with one attached hydrogen (secondary N) is 1. The highest BCUT2D eigenvalue weighted by Gasteiger charge is 2.19. The monoisotopic (exact) mass is 381 g/mol. The van der Waals surface area contributed by atoms with E-state index in [9.17, 15) is 9.59 Å². The maximum absolute atomic E-state index is 12.6. The van der Waals surface area contributed by atoms with Gasteiger partial charge in [0.25, 0.3) is 0 Å². The van der Waals surface area contributed by atoms with Crippen LogP contribution < -0.4 is 10.7 Å². The lowest BCUT2D eigenvalue weighted by atomic mass is 10.2. The van der Waals surface area contributed by atoms with Gasteiger partial charge in [-0.3, -0.25) is 14.8 Å². The molecule has 1 heterocycles. The van der Waals surface area contributed by atoms with Gasteiger partial charge in [-0.15, -0.1) is 5.10 Å². The van der Waals surface area contributed by atoms with E-state index in [4.69, 9.17) is 4.74 Å². The number of carbonyl (C=O) groups excluding carboxylic acids is 1. The van der Waals surface area contributed by atoms with E-state index in [-0.39, 0.29) is 17.3 Å². The molecule has 0 saturated heterocycles. The molecule has 1 aromatic carbocycles. The number of anilines is 1. The Morgan fingerprint density at radius 3 is 2.57 bits per heavy atom. The number of amides is 1. The van der Waals surface area contributed by atoms with Crippen molar-refractivity contribution < 1.29 is 9.53 Å². The van der Waals surface area contributed by atoms with Crippen molar-refractivity contribution in [2.24, 2.45) is 0 Å². The maximum Gasteiger partial charge on any atom is 0.413 e. The molecule has 23 heavy (non-hydrogen) atoms. The molecule has 0 aliphatic heterocycles. The molecular formula is C16H20BrN3O3. The minimum atomic E-state index is -0.700. The summed E-state index contributed by atoms with van der Waals surface area (Å²) in [6.07, 6.45) is -0.700. The molecule has 2 aromatic rings. The minimum absolute atomic E-state index is 0.0200. The van der Waals surface area contributed by atoms with Gasteiger partial charge in [0.15, 0.2) is 0 Å². The third-order valence-electron chi connectivity index (χ3n) is 2.98. The molecule has 0 aliphatic carbocycles. The van der Waals surface area contributed by atoms with Crippen LogP contribution in [0.5, 0.6) is 0 Å². The normalized spacial score (nSPS) is 11.8. The number of rotatable bonds is 2. The number of hydrogen-bond acceptors (Lipinski definition) is 4. The van der Waals surface area contributed by atoms with Gasteiger partial charge < -0.3 is 4.74 Å². The Kier molecular flexibility index (Phi) is 4.79. The van der Waals surface area contributed by atoms with Gasteiger partial charge in [-0.1, -0.05) is 15.9 Å². The van der Waals surface area contributed by atoms with Crippen molar-refractivity contribution in [3.8, 4) is 0 Å². The molecule has 7 heteroatoms. The number of nitrogens with zero attached hydrogens (tertiary/aromatic N) is 2. The Hall–Kier alpha value is -1.89. The second-order valence-electron chi connectivity index (χ2n) is 6.50. The molecule has 1 aromatic heterocycles. The third-order valence-corrected chi connectivity index (χ3v) is 3.48. The molecule has 1 N–H and O–H groups in total. The molecule has 1 amide bonds. The van der Waals surface area contributed by atoms with E-state index in [0.29, 0.717) is 10.9 Å². The summed E-state index contributed by atoms with van der Waals surface area (Å²) in [6, 6.07) is 5.35. The van der Waals surface area contributed by atoms with Crippen molar-refractivity contribution in [1.29, 1.82) is 0 Å². The Bertz CT molecular complexity index is 807. The molecule has 0 fully saturated rings. The zero-order valence-electron chi connectivity index (χ0n) is 13.8. The largest absolute Gasteiger partial charge is 0.444 e. The first-order valence-electron chi connectivity index (χ1n) is 7.30. The van der Waals surface area contributed by atoms with Crippen LogP contribution >= 0.6 is 15.9 Å². The smallest absolute Gasteiger partial charge is 0.413 e. The summed E-state index contributed by atoms with van der Waals surface area (Å²) in [5.41, 5.74) is -0.285. The predicted molar refractivity (Wildman–Crippen MR) is 93.9 cm³/mol. The number of carbonyl (C=O) groups is 1. The van der Waals surface area contributed by atoms with Crippen molar-refractivity contribution in [3.63, 3.8) is 0 Å². The predicted octanol–water partition coefficient (Wildman–Crippen LogP) is 4.09. The fourth-order valence-electron chi connectivity index (χ4n) is 2.10. The number of fused-ring (bicyclic) bond motifs is 1. The number of benzene rings is 1. The highest BCUT2D eigenvalue weighted by molar-refractivity contribution is 9.10. The van der Waals surface area contributed by atoms with Crippen molar-refractivity contribution in [2.75, 3.05) is 5.32 Å². The zero-order chi connectivity index (χ0) is 17.4. The summed E-state index contributed by atoms with van der Waals surface area (Å²) in [6.45, 7) is 9.17. The highest BCUT2D eigenvalue weighted by Crippen LogP contribution is 2.21. The van der Waals surface area contributed by atoms with Crippen LogP contribution in [0.3, 0.4) is 0 Å². The van der Waals surface area contributed by atoms with Crippen LogP contribution in [0.2, 0.25) is 0 Å². The Morgan fingerprint density at radius 2 is 2.00 bits per heavy atom. The Morgan fingerprint density at radius 1 is 1.35 bits per heavy atom. The van der Waals surface area contributed by atoms with Gasteiger partial charge >= 0.3 is 6.09 Å². The van der Waals surface area contributed by atoms with Crippen molar-refractivity contribution >= 4 is 38.7 Å². The number of halogens is 1. The van der Waals surface area contributed by atoms with Gasteiger partial charge in [-0.25, -0.2) is 4.79 Å². The summed E-state index contributed by atoms with van der Waals surface area (Å²) in [5.74, 6) is -0.0391. The first-order valence-corrected chi connectivity index (χ1v) is 8.10. The van der Waals surface area contributed by atoms with Crippen molar-refractivity contribution in [2.45, 2.75) is 46.3 Å². The minimum Gasteiger partial charge on any atom is -0.444 e. The molecule has 0 radical (unpaired) electrons. The Balaban J connectivity index is 2.53. The summed E-state index contributed by atoms with van der Waals surface area (Å²) in [5, 5.41) is 7.22. The van der Waals surface area contributed by atoms with Gasteiger partial charge in [0.05, 0.1) is 10.9 Å². The molecule has 0 spiro atoms. The van der Waals surface area contributed by atoms with E-state index in [0.717, 1.165) is 4.47 Å². The number of hydrogen-bond donors (Lipinski definition) is 1. The summed E-state index contributed by atoms with van der Waals surface area (Å²) in [4.78, 5) is 24.5. The lowest BCUT2D eigenvalue weighted by Gasteiger charge is -2.20. The van der Waals surface area contributed by atoms with Gasteiger partial charge in [0, 0.05) is 10.5 Å². The average molecular weight is 382 g/mol. The second-order valence-corrected chi connectivity index (χ2v) is 7.42. The van der Waals surface area contributed by atoms with Crippen LogP contribution in [0.4, 0.5) is 10.6 Å². The number of aromatic nitrogens is 2. The van der Waals surface area contributed by atoms with Crippen LogP contribution in [0.25, 0.3) is 10.9 Å². The summed E-state index contributed by atoms with van der Waals surface area (Å²) in [7, 11) is 0. The first kappa shape index (κ1) is 17.5. The van der Waals surface area contributed by atoms with E-state index in [1.54, 1.807) is 37.6 Å². The highest BCUT2D eigenvalue weighted by atomic mass is 79.9. The van der Waals surface area contributed by atoms with Gasteiger partial charge in [-0.05, 0) is 52.8 Å². The van der Waals surface area contributed by atoms with E-state index >= 15 is 0 Å². The van der Waals surface area contributed by atoms with E-state index < -0.39 is 11.7 Å². The fraction of sp³-hybridized carbons (Fsp3) is 0.438. The van der Waals surface area contributed by atoms with E-state index in [1.807, 2.05) is 19.9 Å². The molecule has 0 atom stereocenters. The second kappa shape index (κ2) is 6.31. The van der Waals surface area contributed by atoms with Crippen molar-refractivity contribution in [1.82, 2.24) is 9.78 Å². The topological polar surface area (TPSA) is 73.2 Å². The summed E-state index contributed by atoms with van der Waals surface area (Å²) >= 11 is 3.40. The first-order chi connectivity index (χ1) is 10.6. The molecule has 0 saturated carbocycles. The maximum atomic E-state index is 12.6. The van der Waals surface area contributed by atoms with Crippen LogP contribution in [0.1, 0.15) is 40.7 Å². The fourth-order valence-corrected chi connectivity index (χ4v) is 2.45. The van der Waals surface area contributed by atoms with Gasteiger partial charge in [0.2, 0.25) is 11.2 Å². The molecule has 2 rings (SSSR count). The van der Waals surface area contributed by atoms with Crippen LogP contribution in [0.15, 0.2) is 27.5 Å². The molecular weight excluding hydrogens is 362 g/mol. The van der Waals surface area contributed by atoms with Crippen LogP contribution in [0, 0.1) is 0 Å². The molecule has 124 valence electrons. The molecule has 0 aliphatic rings. The zero-order valence-corrected chi connectivity index (χ0v) is 15.4. The van der Waals surface area contributed by atoms with Crippen LogP contribution in [-0.4, -0.2) is 21.5 Å². The lowest BCUT2D eigenvalue weighted by molar-refractivity contribution is 0.0635. The van der Waals surface area contributed by atoms with Crippen LogP contribution in [-0.2, 0) is 4.74 Å². The molecule has 6 nitrogen and oxygen atoms in total. The SMILES string of the molecule is CC(C)n1nc(NC(=O)OC(C)(C)C)c(=O)c2ccc(Br)cc21. The van der Waals surface area contributed by atoms with Crippen molar-refractivity contribution in [3.05, 3.63) is 32.9 Å². The van der Waals surface area contributed by atoms with Gasteiger partial charge in [0.1, 0.15) is 5.60 Å². The Labute approximate surface area is 143 Å². The standard InChI is InChI=1S/C16H20BrN3O3/c1-9(2)20-12-8-10(17)6-7-11(12)13(21)14(19-20)18-15(22)23-16(3,4)5/h6-9H,1-5H3,(H,18,19,22). The lowest BCUT2D eigenvalue weighted by Crippen LogP contribution is -2.30. The quantitative estimate of drug-likeness (QED) is 0.849. The van der Waals surface area contributed by atoms with Gasteiger partial charge in [-0.2, -0.15) is 0 Å². The van der Waals surface area contributed by atoms with E-state index in [1.165, 1.54) is 0 Å². The molecule has 0 unspecified atom stereocenters. The summed E-state index contributed by atoms with van der Waals surface area (Å²) < 4.78 is 7.74. The molecule has 0 bridgehead atoms. The van der Waals surface area contributed by atoms with E-state index in [2.05, 4.69) is 26.3 Å². The average Bonchev–Trinajstić information content (AvgIpc) is 2.39.